The summed E-state index contributed by atoms with van der Waals surface area (Å²) in [5, 5.41) is 0. The molecule has 2 aliphatic heterocycles. The molecule has 1 saturated carbocycles. The fraction of sp³-hybridized carbons (Fsp3) is 0.579. The molecule has 6 heteroatoms. The summed E-state index contributed by atoms with van der Waals surface area (Å²) >= 11 is 0. The van der Waals surface area contributed by atoms with Gasteiger partial charge in [-0.1, -0.05) is 18.9 Å². The first-order chi connectivity index (χ1) is 12.1. The molecule has 25 heavy (non-hydrogen) atoms. The van der Waals surface area contributed by atoms with Crippen LogP contribution in [0.5, 0.6) is 0 Å². The van der Waals surface area contributed by atoms with Crippen molar-refractivity contribution >= 4 is 17.5 Å². The van der Waals surface area contributed by atoms with E-state index in [-0.39, 0.29) is 29.6 Å². The SMILES string of the molecule is O=C1NNC(Cc2ccc(F)c(N3CCCC3=O)c2)C2CCCCC12. The second kappa shape index (κ2) is 6.75. The number of carbonyl (C=O) groups excluding carboxylic acids is 2. The second-order valence-corrected chi connectivity index (χ2v) is 7.43. The van der Waals surface area contributed by atoms with Crippen LogP contribution in [-0.4, -0.2) is 24.4 Å². The zero-order valence-electron chi connectivity index (χ0n) is 14.3. The van der Waals surface area contributed by atoms with E-state index in [1.54, 1.807) is 17.0 Å². The van der Waals surface area contributed by atoms with E-state index in [0.717, 1.165) is 44.1 Å². The van der Waals surface area contributed by atoms with Gasteiger partial charge in [-0.25, -0.2) is 9.82 Å². The van der Waals surface area contributed by atoms with Gasteiger partial charge in [-0.05, 0) is 49.3 Å². The molecule has 5 nitrogen and oxygen atoms in total. The van der Waals surface area contributed by atoms with Crippen LogP contribution in [0.15, 0.2) is 18.2 Å². The van der Waals surface area contributed by atoms with Crippen LogP contribution in [0.4, 0.5) is 10.1 Å². The molecule has 2 N–H and O–H groups in total. The Labute approximate surface area is 146 Å². The molecule has 1 aromatic carbocycles. The van der Waals surface area contributed by atoms with Gasteiger partial charge in [-0.15, -0.1) is 0 Å². The summed E-state index contributed by atoms with van der Waals surface area (Å²) in [6, 6.07) is 5.19. The van der Waals surface area contributed by atoms with Crippen molar-refractivity contribution in [2.24, 2.45) is 11.8 Å². The van der Waals surface area contributed by atoms with Gasteiger partial charge in [0.1, 0.15) is 5.82 Å². The van der Waals surface area contributed by atoms with Crippen LogP contribution in [-0.2, 0) is 16.0 Å². The third-order valence-corrected chi connectivity index (χ3v) is 5.88. The molecule has 134 valence electrons. The van der Waals surface area contributed by atoms with Gasteiger partial charge in [0.05, 0.1) is 5.69 Å². The average molecular weight is 345 g/mol. The fourth-order valence-electron chi connectivity index (χ4n) is 4.58. The first-order valence-corrected chi connectivity index (χ1v) is 9.27. The Kier molecular flexibility index (Phi) is 4.46. The van der Waals surface area contributed by atoms with Crippen molar-refractivity contribution in [3.63, 3.8) is 0 Å². The van der Waals surface area contributed by atoms with E-state index in [2.05, 4.69) is 10.9 Å². The van der Waals surface area contributed by atoms with Crippen molar-refractivity contribution < 1.29 is 14.0 Å². The van der Waals surface area contributed by atoms with E-state index in [4.69, 9.17) is 0 Å². The van der Waals surface area contributed by atoms with Crippen LogP contribution < -0.4 is 15.8 Å². The molecule has 2 amide bonds. The fourth-order valence-corrected chi connectivity index (χ4v) is 4.58. The largest absolute Gasteiger partial charge is 0.310 e. The zero-order chi connectivity index (χ0) is 17.4. The van der Waals surface area contributed by atoms with E-state index in [1.165, 1.54) is 6.07 Å². The van der Waals surface area contributed by atoms with E-state index < -0.39 is 0 Å². The van der Waals surface area contributed by atoms with E-state index in [1.807, 2.05) is 0 Å². The maximum Gasteiger partial charge on any atom is 0.237 e. The lowest BCUT2D eigenvalue weighted by Gasteiger charge is -2.41. The Morgan fingerprint density at radius 3 is 2.80 bits per heavy atom. The highest BCUT2D eigenvalue weighted by Crippen LogP contribution is 2.36. The average Bonchev–Trinajstić information content (AvgIpc) is 3.05. The van der Waals surface area contributed by atoms with Crippen LogP contribution in [0, 0.1) is 17.7 Å². The first kappa shape index (κ1) is 16.5. The van der Waals surface area contributed by atoms with Crippen molar-refractivity contribution in [3.8, 4) is 0 Å². The number of nitrogens with one attached hydrogen (secondary N) is 2. The number of amides is 2. The van der Waals surface area contributed by atoms with E-state index in [0.29, 0.717) is 24.6 Å². The molecule has 3 unspecified atom stereocenters. The Balaban J connectivity index is 1.54. The summed E-state index contributed by atoms with van der Waals surface area (Å²) in [5.41, 5.74) is 7.35. The van der Waals surface area contributed by atoms with Crippen molar-refractivity contribution in [1.29, 1.82) is 0 Å². The Bertz CT molecular complexity index is 693. The topological polar surface area (TPSA) is 61.4 Å². The number of carbonyl (C=O) groups is 2. The van der Waals surface area contributed by atoms with E-state index >= 15 is 0 Å². The number of hydrazine groups is 1. The minimum Gasteiger partial charge on any atom is -0.310 e. The quantitative estimate of drug-likeness (QED) is 0.884. The molecule has 1 aliphatic carbocycles. The van der Waals surface area contributed by atoms with Crippen molar-refractivity contribution in [2.45, 2.75) is 51.0 Å². The van der Waals surface area contributed by atoms with Crippen LogP contribution >= 0.6 is 0 Å². The molecule has 3 fully saturated rings. The Morgan fingerprint density at radius 2 is 2.00 bits per heavy atom. The van der Waals surface area contributed by atoms with Gasteiger partial charge < -0.3 is 4.90 Å². The Morgan fingerprint density at radius 1 is 1.16 bits per heavy atom. The van der Waals surface area contributed by atoms with Crippen LogP contribution in [0.3, 0.4) is 0 Å². The monoisotopic (exact) mass is 345 g/mol. The van der Waals surface area contributed by atoms with Gasteiger partial charge >= 0.3 is 0 Å². The predicted molar refractivity (Wildman–Crippen MR) is 92.2 cm³/mol. The molecular formula is C19H24FN3O2. The molecule has 1 aromatic rings. The molecule has 3 atom stereocenters. The summed E-state index contributed by atoms with van der Waals surface area (Å²) in [6.07, 6.45) is 6.26. The number of nitrogens with zero attached hydrogens (tertiary/aromatic N) is 1. The highest BCUT2D eigenvalue weighted by atomic mass is 19.1. The van der Waals surface area contributed by atoms with Crippen molar-refractivity contribution in [2.75, 3.05) is 11.4 Å². The summed E-state index contributed by atoms with van der Waals surface area (Å²) < 4.78 is 14.2. The molecule has 0 bridgehead atoms. The third-order valence-electron chi connectivity index (χ3n) is 5.88. The minimum atomic E-state index is -0.348. The summed E-state index contributed by atoms with van der Waals surface area (Å²) in [5.74, 6) is 0.152. The van der Waals surface area contributed by atoms with Crippen molar-refractivity contribution in [3.05, 3.63) is 29.6 Å². The lowest BCUT2D eigenvalue weighted by molar-refractivity contribution is -0.133. The molecular weight excluding hydrogens is 321 g/mol. The lowest BCUT2D eigenvalue weighted by atomic mass is 9.72. The van der Waals surface area contributed by atoms with E-state index in [9.17, 15) is 14.0 Å². The highest BCUT2D eigenvalue weighted by molar-refractivity contribution is 5.95. The molecule has 0 aromatic heterocycles. The maximum absolute atomic E-state index is 14.2. The Hall–Kier alpha value is -1.95. The van der Waals surface area contributed by atoms with Crippen molar-refractivity contribution in [1.82, 2.24) is 10.9 Å². The molecule has 2 saturated heterocycles. The normalized spacial score (nSPS) is 29.5. The lowest BCUT2D eigenvalue weighted by Crippen LogP contribution is -2.60. The number of fused-ring (bicyclic) bond motifs is 1. The van der Waals surface area contributed by atoms with Gasteiger partial charge in [0.25, 0.3) is 0 Å². The maximum atomic E-state index is 14.2. The highest BCUT2D eigenvalue weighted by Gasteiger charge is 2.39. The second-order valence-electron chi connectivity index (χ2n) is 7.43. The molecule has 2 heterocycles. The van der Waals surface area contributed by atoms with Gasteiger partial charge in [0.2, 0.25) is 11.8 Å². The van der Waals surface area contributed by atoms with Crippen LogP contribution in [0.1, 0.15) is 44.1 Å². The number of halogens is 1. The predicted octanol–water partition coefficient (Wildman–Crippen LogP) is 2.30. The minimum absolute atomic E-state index is 0.00792. The van der Waals surface area contributed by atoms with Crippen LogP contribution in [0.2, 0.25) is 0 Å². The molecule has 0 radical (unpaired) electrons. The summed E-state index contributed by atoms with van der Waals surface area (Å²) in [4.78, 5) is 25.6. The third kappa shape index (κ3) is 3.15. The molecule has 3 aliphatic rings. The smallest absolute Gasteiger partial charge is 0.237 e. The number of benzene rings is 1. The van der Waals surface area contributed by atoms with Crippen LogP contribution in [0.25, 0.3) is 0 Å². The van der Waals surface area contributed by atoms with Gasteiger partial charge in [-0.3, -0.25) is 15.0 Å². The standard InChI is InChI=1S/C19H24FN3O2/c20-15-8-7-12(11-17(15)23-9-3-6-18(23)24)10-16-13-4-1-2-5-14(13)19(25)22-21-16/h7-8,11,13-14,16,21H,1-6,9-10H2,(H,22,25). The van der Waals surface area contributed by atoms with Gasteiger partial charge in [0.15, 0.2) is 0 Å². The number of hydrogen-bond acceptors (Lipinski definition) is 3. The summed E-state index contributed by atoms with van der Waals surface area (Å²) in [7, 11) is 0. The number of anilines is 1. The number of hydrogen-bond donors (Lipinski definition) is 2. The summed E-state index contributed by atoms with van der Waals surface area (Å²) in [6.45, 7) is 0.585. The first-order valence-electron chi connectivity index (χ1n) is 9.27. The van der Waals surface area contributed by atoms with Gasteiger partial charge in [0, 0.05) is 24.9 Å². The molecule has 4 rings (SSSR count). The van der Waals surface area contributed by atoms with Gasteiger partial charge in [-0.2, -0.15) is 0 Å². The number of rotatable bonds is 3. The molecule has 0 spiro atoms. The zero-order valence-corrected chi connectivity index (χ0v) is 14.3.